The number of rotatable bonds is 9. The minimum atomic E-state index is -0.591. The predicted octanol–water partition coefficient (Wildman–Crippen LogP) is 5.31. The largest absolute Gasteiger partial charge is 0.456 e. The van der Waals surface area contributed by atoms with E-state index in [1.54, 1.807) is 41.8 Å². The third kappa shape index (κ3) is 6.75. The quantitative estimate of drug-likeness (QED) is 0.288. The molecule has 0 bridgehead atoms. The molecule has 1 N–H and O–H groups in total. The van der Waals surface area contributed by atoms with Gasteiger partial charge in [0.25, 0.3) is 5.91 Å². The highest BCUT2D eigenvalue weighted by molar-refractivity contribution is 7.12. The summed E-state index contributed by atoms with van der Waals surface area (Å²) in [5, 5.41) is 12.7. The Balaban J connectivity index is 1.39. The lowest BCUT2D eigenvalue weighted by Crippen LogP contribution is -2.21. The van der Waals surface area contributed by atoms with Gasteiger partial charge in [0.05, 0.1) is 22.7 Å². The van der Waals surface area contributed by atoms with Gasteiger partial charge in [-0.3, -0.25) is 14.4 Å². The maximum absolute atomic E-state index is 11.9. The summed E-state index contributed by atoms with van der Waals surface area (Å²) in [5.74, 6) is -1.17. The predicted molar refractivity (Wildman–Crippen MR) is 115 cm³/mol. The van der Waals surface area contributed by atoms with E-state index in [4.69, 9.17) is 4.74 Å². The van der Waals surface area contributed by atoms with Gasteiger partial charge >= 0.3 is 5.97 Å². The molecule has 8 heteroatoms. The second-order valence-electron chi connectivity index (χ2n) is 6.19. The number of ketones is 1. The van der Waals surface area contributed by atoms with Crippen molar-refractivity contribution in [3.63, 3.8) is 0 Å². The van der Waals surface area contributed by atoms with Crippen molar-refractivity contribution < 1.29 is 19.1 Å². The molecule has 0 radical (unpaired) electrons. The molecule has 0 spiro atoms. The number of hydrogen-bond donors (Lipinski definition) is 1. The molecule has 2 aromatic carbocycles. The lowest BCUT2D eigenvalue weighted by molar-refractivity contribution is -0.147. The van der Waals surface area contributed by atoms with Crippen LogP contribution in [-0.2, 0) is 14.3 Å². The first-order chi connectivity index (χ1) is 14.6. The Labute approximate surface area is 177 Å². The first kappa shape index (κ1) is 21.1. The summed E-state index contributed by atoms with van der Waals surface area (Å²) in [6.07, 6.45) is -0.00884. The number of anilines is 1. The topological polar surface area (TPSA) is 97.2 Å². The summed E-state index contributed by atoms with van der Waals surface area (Å²) >= 11 is 1.33. The molecule has 1 amide bonds. The monoisotopic (exact) mass is 421 g/mol. The van der Waals surface area contributed by atoms with Crippen LogP contribution in [-0.4, -0.2) is 24.3 Å². The Morgan fingerprint density at radius 2 is 1.53 bits per heavy atom. The molecular formula is C22H19N3O4S. The van der Waals surface area contributed by atoms with Crippen molar-refractivity contribution in [3.05, 3.63) is 77.0 Å². The number of carbonyl (C=O) groups excluding carboxylic acids is 3. The number of thiophene rings is 1. The molecule has 0 saturated heterocycles. The van der Waals surface area contributed by atoms with Crippen molar-refractivity contribution in [1.29, 1.82) is 0 Å². The van der Waals surface area contributed by atoms with Crippen molar-refractivity contribution in [2.75, 3.05) is 11.9 Å². The van der Waals surface area contributed by atoms with Crippen molar-refractivity contribution in [1.82, 2.24) is 0 Å². The number of azo groups is 1. The molecule has 0 aliphatic heterocycles. The lowest BCUT2D eigenvalue weighted by Gasteiger charge is -2.06. The van der Waals surface area contributed by atoms with Gasteiger partial charge in [-0.2, -0.15) is 10.2 Å². The van der Waals surface area contributed by atoms with Gasteiger partial charge in [0.2, 0.25) is 0 Å². The second kappa shape index (κ2) is 10.8. The number of benzene rings is 2. The standard InChI is InChI=1S/C22H19N3O4S/c26-19(20-7-4-14-30-20)12-13-22(28)29-15-21(27)23-16-8-10-18(11-9-16)25-24-17-5-2-1-3-6-17/h1-11,14H,12-13,15H2,(H,23,27). The van der Waals surface area contributed by atoms with E-state index >= 15 is 0 Å². The molecule has 0 unspecified atom stereocenters. The minimum absolute atomic E-state index is 0.0555. The Kier molecular flexibility index (Phi) is 7.57. The smallest absolute Gasteiger partial charge is 0.306 e. The van der Waals surface area contributed by atoms with E-state index in [1.165, 1.54) is 11.3 Å². The average Bonchev–Trinajstić information content (AvgIpc) is 3.31. The van der Waals surface area contributed by atoms with Gasteiger partial charge in [0, 0.05) is 12.1 Å². The van der Waals surface area contributed by atoms with E-state index in [0.29, 0.717) is 16.3 Å². The zero-order valence-electron chi connectivity index (χ0n) is 16.0. The number of ether oxygens (including phenoxy) is 1. The fourth-order valence-electron chi connectivity index (χ4n) is 2.41. The van der Waals surface area contributed by atoms with Crippen molar-refractivity contribution in [2.24, 2.45) is 10.2 Å². The summed E-state index contributed by atoms with van der Waals surface area (Å²) < 4.78 is 4.92. The maximum atomic E-state index is 11.9. The third-order valence-corrected chi connectivity index (χ3v) is 4.82. The normalized spacial score (nSPS) is 10.7. The summed E-state index contributed by atoms with van der Waals surface area (Å²) in [6, 6.07) is 19.6. The highest BCUT2D eigenvalue weighted by Crippen LogP contribution is 2.20. The van der Waals surface area contributed by atoms with E-state index in [2.05, 4.69) is 15.5 Å². The van der Waals surface area contributed by atoms with Crippen molar-refractivity contribution in [3.8, 4) is 0 Å². The fraction of sp³-hybridized carbons (Fsp3) is 0.136. The van der Waals surface area contributed by atoms with Gasteiger partial charge in [-0.25, -0.2) is 0 Å². The molecule has 7 nitrogen and oxygen atoms in total. The molecule has 3 aromatic rings. The van der Waals surface area contributed by atoms with Crippen molar-refractivity contribution >= 4 is 46.1 Å². The first-order valence-electron chi connectivity index (χ1n) is 9.19. The first-order valence-corrected chi connectivity index (χ1v) is 10.1. The Morgan fingerprint density at radius 3 is 2.20 bits per heavy atom. The number of Topliss-reactive ketones (excluding diaryl/α,β-unsaturated/α-hetero) is 1. The number of nitrogens with zero attached hydrogens (tertiary/aromatic N) is 2. The van der Waals surface area contributed by atoms with Crippen LogP contribution in [0.1, 0.15) is 22.5 Å². The number of nitrogens with one attached hydrogen (secondary N) is 1. The minimum Gasteiger partial charge on any atom is -0.456 e. The molecular weight excluding hydrogens is 402 g/mol. The molecule has 1 heterocycles. The third-order valence-electron chi connectivity index (χ3n) is 3.90. The number of esters is 1. The van der Waals surface area contributed by atoms with Gasteiger partial charge in [0.1, 0.15) is 0 Å². The molecule has 0 atom stereocenters. The van der Waals surface area contributed by atoms with Crippen LogP contribution in [0.3, 0.4) is 0 Å². The zero-order chi connectivity index (χ0) is 21.2. The average molecular weight is 421 g/mol. The molecule has 3 rings (SSSR count). The van der Waals surface area contributed by atoms with Gasteiger partial charge in [-0.15, -0.1) is 11.3 Å². The van der Waals surface area contributed by atoms with E-state index < -0.39 is 18.5 Å². The molecule has 1 aromatic heterocycles. The summed E-state index contributed by atoms with van der Waals surface area (Å²) in [7, 11) is 0. The molecule has 0 fully saturated rings. The van der Waals surface area contributed by atoms with E-state index in [9.17, 15) is 14.4 Å². The summed E-state index contributed by atoms with van der Waals surface area (Å²) in [4.78, 5) is 36.1. The van der Waals surface area contributed by atoms with Crippen LogP contribution in [0.15, 0.2) is 82.3 Å². The van der Waals surface area contributed by atoms with E-state index in [-0.39, 0.29) is 18.6 Å². The number of amides is 1. The van der Waals surface area contributed by atoms with Gasteiger partial charge in [-0.05, 0) is 47.8 Å². The van der Waals surface area contributed by atoms with Gasteiger partial charge < -0.3 is 10.1 Å². The highest BCUT2D eigenvalue weighted by Gasteiger charge is 2.12. The van der Waals surface area contributed by atoms with Crippen LogP contribution >= 0.6 is 11.3 Å². The summed E-state index contributed by atoms with van der Waals surface area (Å²) in [5.41, 5.74) is 1.93. The number of carbonyl (C=O) groups is 3. The SMILES string of the molecule is O=C(COC(=O)CCC(=O)c1cccs1)Nc1ccc(N=Nc2ccccc2)cc1. The summed E-state index contributed by atoms with van der Waals surface area (Å²) in [6.45, 7) is -0.415. The number of hydrogen-bond acceptors (Lipinski definition) is 7. The second-order valence-corrected chi connectivity index (χ2v) is 7.14. The van der Waals surface area contributed by atoms with Crippen LogP contribution in [0.5, 0.6) is 0 Å². The van der Waals surface area contributed by atoms with Crippen LogP contribution in [0, 0.1) is 0 Å². The fourth-order valence-corrected chi connectivity index (χ4v) is 3.11. The van der Waals surface area contributed by atoms with E-state index in [1.807, 2.05) is 30.3 Å². The molecule has 0 aliphatic rings. The lowest BCUT2D eigenvalue weighted by atomic mass is 10.2. The van der Waals surface area contributed by atoms with Crippen LogP contribution in [0.4, 0.5) is 17.1 Å². The molecule has 152 valence electrons. The van der Waals surface area contributed by atoms with Crippen LogP contribution in [0.2, 0.25) is 0 Å². The van der Waals surface area contributed by atoms with Crippen LogP contribution < -0.4 is 5.32 Å². The Morgan fingerprint density at radius 1 is 0.833 bits per heavy atom. The van der Waals surface area contributed by atoms with Gasteiger partial charge in [-0.1, -0.05) is 24.3 Å². The molecule has 30 heavy (non-hydrogen) atoms. The van der Waals surface area contributed by atoms with Gasteiger partial charge in [0.15, 0.2) is 12.4 Å². The molecule has 0 saturated carbocycles. The molecule has 0 aliphatic carbocycles. The zero-order valence-corrected chi connectivity index (χ0v) is 16.8. The highest BCUT2D eigenvalue weighted by atomic mass is 32.1. The van der Waals surface area contributed by atoms with Crippen molar-refractivity contribution in [2.45, 2.75) is 12.8 Å². The van der Waals surface area contributed by atoms with E-state index in [0.717, 1.165) is 5.69 Å². The van der Waals surface area contributed by atoms with Crippen LogP contribution in [0.25, 0.3) is 0 Å². The Hall–Kier alpha value is -3.65. The Bertz CT molecular complexity index is 1020. The maximum Gasteiger partial charge on any atom is 0.306 e.